The van der Waals surface area contributed by atoms with Crippen LogP contribution in [0.1, 0.15) is 12.8 Å². The zero-order valence-electron chi connectivity index (χ0n) is 9.84. The summed E-state index contributed by atoms with van der Waals surface area (Å²) in [6.07, 6.45) is 1.05. The Bertz CT molecular complexity index is 618. The smallest absolute Gasteiger partial charge is 0.243 e. The molecule has 19 heavy (non-hydrogen) atoms. The summed E-state index contributed by atoms with van der Waals surface area (Å²) in [7, 11) is -3.78. The van der Waals surface area contributed by atoms with Crippen molar-refractivity contribution in [2.45, 2.75) is 23.8 Å². The molecule has 2 rings (SSSR count). The van der Waals surface area contributed by atoms with Crippen LogP contribution in [0.4, 0.5) is 0 Å². The molecule has 0 saturated carbocycles. The molecule has 0 aliphatic carbocycles. The summed E-state index contributed by atoms with van der Waals surface area (Å²) in [5, 5.41) is 0.422. The van der Waals surface area contributed by atoms with E-state index >= 15 is 0 Å². The summed E-state index contributed by atoms with van der Waals surface area (Å²) < 4.78 is 26.0. The Labute approximate surface area is 121 Å². The van der Waals surface area contributed by atoms with E-state index in [-0.39, 0.29) is 21.5 Å². The molecule has 5 nitrogen and oxygen atoms in total. The van der Waals surface area contributed by atoms with E-state index in [1.807, 2.05) is 0 Å². The highest BCUT2D eigenvalue weighted by atomic mass is 35.5. The van der Waals surface area contributed by atoms with Crippen molar-refractivity contribution in [3.05, 3.63) is 28.2 Å². The fourth-order valence-electron chi connectivity index (χ4n) is 2.08. The van der Waals surface area contributed by atoms with Gasteiger partial charge in [-0.1, -0.05) is 23.2 Å². The first-order chi connectivity index (χ1) is 8.84. The molecule has 1 atom stereocenters. The van der Waals surface area contributed by atoms with E-state index in [0.29, 0.717) is 12.8 Å². The average Bonchev–Trinajstić information content (AvgIpc) is 2.82. The number of primary amides is 1. The van der Waals surface area contributed by atoms with Gasteiger partial charge in [0.1, 0.15) is 6.04 Å². The molecular formula is C11H12Cl2N2O3S. The molecule has 1 saturated heterocycles. The Kier molecular flexibility index (Phi) is 4.06. The van der Waals surface area contributed by atoms with Gasteiger partial charge in [0.05, 0.1) is 14.9 Å². The molecule has 2 N–H and O–H groups in total. The van der Waals surface area contributed by atoms with E-state index < -0.39 is 22.0 Å². The lowest BCUT2D eigenvalue weighted by Gasteiger charge is -2.21. The maximum absolute atomic E-state index is 12.4. The summed E-state index contributed by atoms with van der Waals surface area (Å²) in [5.74, 6) is -0.638. The quantitative estimate of drug-likeness (QED) is 0.918. The van der Waals surface area contributed by atoms with Gasteiger partial charge in [-0.25, -0.2) is 8.42 Å². The first kappa shape index (κ1) is 14.6. The number of nitrogens with zero attached hydrogens (tertiary/aromatic N) is 1. The third-order valence-electron chi connectivity index (χ3n) is 3.03. The lowest BCUT2D eigenvalue weighted by molar-refractivity contribution is -0.121. The van der Waals surface area contributed by atoms with Crippen LogP contribution in [0.25, 0.3) is 0 Å². The monoisotopic (exact) mass is 322 g/mol. The maximum atomic E-state index is 12.4. The number of amides is 1. The number of hydrogen-bond acceptors (Lipinski definition) is 3. The third-order valence-corrected chi connectivity index (χ3v) is 5.67. The van der Waals surface area contributed by atoms with Crippen LogP contribution in [0.15, 0.2) is 23.1 Å². The molecular weight excluding hydrogens is 311 g/mol. The number of nitrogens with two attached hydrogens (primary N) is 1. The largest absolute Gasteiger partial charge is 0.368 e. The van der Waals surface area contributed by atoms with Crippen molar-refractivity contribution in [3.8, 4) is 0 Å². The fraction of sp³-hybridized carbons (Fsp3) is 0.364. The van der Waals surface area contributed by atoms with E-state index in [0.717, 1.165) is 4.31 Å². The number of carbonyl (C=O) groups excluding carboxylic acids is 1. The minimum absolute atomic E-state index is 0.00931. The summed E-state index contributed by atoms with van der Waals surface area (Å²) in [6, 6.07) is 3.25. The first-order valence-electron chi connectivity index (χ1n) is 5.60. The van der Waals surface area contributed by atoms with Crippen molar-refractivity contribution in [1.82, 2.24) is 4.31 Å². The Hall–Kier alpha value is -0.820. The molecule has 1 aromatic carbocycles. The van der Waals surface area contributed by atoms with Crippen molar-refractivity contribution in [3.63, 3.8) is 0 Å². The van der Waals surface area contributed by atoms with E-state index in [9.17, 15) is 13.2 Å². The Morgan fingerprint density at radius 1 is 1.32 bits per heavy atom. The third kappa shape index (κ3) is 2.72. The van der Waals surface area contributed by atoms with Crippen LogP contribution in [0, 0.1) is 0 Å². The molecule has 1 aromatic rings. The number of rotatable bonds is 3. The van der Waals surface area contributed by atoms with Gasteiger partial charge in [-0.15, -0.1) is 0 Å². The summed E-state index contributed by atoms with van der Waals surface area (Å²) in [5.41, 5.74) is 5.22. The topological polar surface area (TPSA) is 80.5 Å². The highest BCUT2D eigenvalue weighted by Gasteiger charge is 2.38. The van der Waals surface area contributed by atoms with Gasteiger partial charge >= 0.3 is 0 Å². The minimum Gasteiger partial charge on any atom is -0.368 e. The van der Waals surface area contributed by atoms with Gasteiger partial charge in [-0.05, 0) is 31.0 Å². The van der Waals surface area contributed by atoms with E-state index in [4.69, 9.17) is 28.9 Å². The molecule has 0 aromatic heterocycles. The number of sulfonamides is 1. The van der Waals surface area contributed by atoms with E-state index in [1.165, 1.54) is 18.2 Å². The lowest BCUT2D eigenvalue weighted by Crippen LogP contribution is -2.43. The molecule has 8 heteroatoms. The molecule has 1 unspecified atom stereocenters. The fourth-order valence-corrected chi connectivity index (χ4v) is 4.14. The predicted octanol–water partition coefficient (Wildman–Crippen LogP) is 1.63. The van der Waals surface area contributed by atoms with Crippen LogP contribution in [0.5, 0.6) is 0 Å². The van der Waals surface area contributed by atoms with Crippen LogP contribution < -0.4 is 5.73 Å². The van der Waals surface area contributed by atoms with Gasteiger partial charge in [0.15, 0.2) is 0 Å². The molecule has 0 radical (unpaired) electrons. The van der Waals surface area contributed by atoms with Gasteiger partial charge < -0.3 is 5.73 Å². The normalized spacial score (nSPS) is 20.6. The minimum atomic E-state index is -3.78. The van der Waals surface area contributed by atoms with Crippen LogP contribution in [0.2, 0.25) is 10.0 Å². The zero-order valence-corrected chi connectivity index (χ0v) is 12.2. The number of hydrogen-bond donors (Lipinski definition) is 1. The Balaban J connectivity index is 2.42. The number of carbonyl (C=O) groups is 1. The second-order valence-electron chi connectivity index (χ2n) is 4.25. The molecule has 1 aliphatic rings. The molecule has 1 amide bonds. The lowest BCUT2D eigenvalue weighted by atomic mass is 10.2. The highest BCUT2D eigenvalue weighted by Crippen LogP contribution is 2.30. The van der Waals surface area contributed by atoms with Crippen LogP contribution in [0.3, 0.4) is 0 Å². The molecule has 104 valence electrons. The highest BCUT2D eigenvalue weighted by molar-refractivity contribution is 7.89. The van der Waals surface area contributed by atoms with Crippen molar-refractivity contribution >= 4 is 39.1 Å². The molecule has 0 spiro atoms. The second kappa shape index (κ2) is 5.28. The summed E-state index contributed by atoms with van der Waals surface area (Å²) >= 11 is 11.6. The van der Waals surface area contributed by atoms with Gasteiger partial charge in [0.25, 0.3) is 0 Å². The Morgan fingerprint density at radius 2 is 2.00 bits per heavy atom. The van der Waals surface area contributed by atoms with Crippen LogP contribution >= 0.6 is 23.2 Å². The van der Waals surface area contributed by atoms with Gasteiger partial charge in [-0.3, -0.25) is 4.79 Å². The van der Waals surface area contributed by atoms with E-state index in [1.54, 1.807) is 0 Å². The van der Waals surface area contributed by atoms with Crippen molar-refractivity contribution in [2.24, 2.45) is 5.73 Å². The van der Waals surface area contributed by atoms with Gasteiger partial charge in [0.2, 0.25) is 15.9 Å². The van der Waals surface area contributed by atoms with E-state index in [2.05, 4.69) is 0 Å². The van der Waals surface area contributed by atoms with Crippen molar-refractivity contribution in [2.75, 3.05) is 6.54 Å². The van der Waals surface area contributed by atoms with Gasteiger partial charge in [-0.2, -0.15) is 4.31 Å². The SMILES string of the molecule is NC(=O)C1CCCN1S(=O)(=O)c1ccc(Cl)c(Cl)c1. The van der Waals surface area contributed by atoms with Crippen molar-refractivity contribution < 1.29 is 13.2 Å². The molecule has 0 bridgehead atoms. The van der Waals surface area contributed by atoms with Crippen LogP contribution in [-0.2, 0) is 14.8 Å². The zero-order chi connectivity index (χ0) is 14.2. The van der Waals surface area contributed by atoms with Crippen LogP contribution in [-0.4, -0.2) is 31.2 Å². The molecule has 1 aliphatic heterocycles. The predicted molar refractivity (Wildman–Crippen MR) is 72.6 cm³/mol. The standard InChI is InChI=1S/C11H12Cl2N2O3S/c12-8-4-3-7(6-9(8)13)19(17,18)15-5-1-2-10(15)11(14)16/h3-4,6,10H,1-2,5H2,(H2,14,16). The summed E-state index contributed by atoms with van der Waals surface area (Å²) in [4.78, 5) is 11.3. The molecule has 1 heterocycles. The maximum Gasteiger partial charge on any atom is 0.243 e. The number of halogens is 2. The number of benzene rings is 1. The van der Waals surface area contributed by atoms with Crippen molar-refractivity contribution in [1.29, 1.82) is 0 Å². The Morgan fingerprint density at radius 3 is 2.58 bits per heavy atom. The second-order valence-corrected chi connectivity index (χ2v) is 6.96. The average molecular weight is 323 g/mol. The molecule has 1 fully saturated rings. The first-order valence-corrected chi connectivity index (χ1v) is 7.80. The van der Waals surface area contributed by atoms with Gasteiger partial charge in [0, 0.05) is 6.54 Å². The summed E-state index contributed by atoms with van der Waals surface area (Å²) in [6.45, 7) is 0.274.